The van der Waals surface area contributed by atoms with E-state index in [4.69, 9.17) is 9.68 Å². The first-order valence-corrected chi connectivity index (χ1v) is 7.69. The van der Waals surface area contributed by atoms with E-state index in [0.717, 1.165) is 5.76 Å². The molecule has 7 nitrogen and oxygen atoms in total. The van der Waals surface area contributed by atoms with Crippen LogP contribution in [0, 0.1) is 18.3 Å². The van der Waals surface area contributed by atoms with Crippen molar-refractivity contribution in [1.82, 2.24) is 9.78 Å². The number of benzene rings is 1. The highest BCUT2D eigenvalue weighted by Gasteiger charge is 2.20. The number of nitrogens with one attached hydrogen (secondary N) is 1. The zero-order valence-electron chi connectivity index (χ0n) is 13.9. The average molecular weight is 335 g/mol. The first kappa shape index (κ1) is 16.3. The Kier molecular flexibility index (Phi) is 4.53. The number of nitriles is 1. The molecule has 1 N–H and O–H groups in total. The molecule has 0 saturated heterocycles. The van der Waals surface area contributed by atoms with Gasteiger partial charge in [-0.3, -0.25) is 9.58 Å². The van der Waals surface area contributed by atoms with Gasteiger partial charge in [-0.1, -0.05) is 0 Å². The van der Waals surface area contributed by atoms with Crippen LogP contribution in [0.15, 0.2) is 53.1 Å². The van der Waals surface area contributed by atoms with Crippen LogP contribution in [0.1, 0.15) is 17.1 Å². The summed E-state index contributed by atoms with van der Waals surface area (Å²) in [7, 11) is 1.77. The predicted molar refractivity (Wildman–Crippen MR) is 93.0 cm³/mol. The summed E-state index contributed by atoms with van der Waals surface area (Å²) in [5.74, 6) is 2.10. The summed E-state index contributed by atoms with van der Waals surface area (Å²) in [6.07, 6.45) is 1.63. The number of urea groups is 1. The fourth-order valence-electron chi connectivity index (χ4n) is 2.43. The predicted octanol–water partition coefficient (Wildman–Crippen LogP) is 3.43. The molecule has 3 aromatic rings. The number of rotatable bonds is 4. The van der Waals surface area contributed by atoms with Crippen LogP contribution in [0.3, 0.4) is 0 Å². The standard InChI is InChI=1S/C18H17N5O2/c1-13-3-8-16(25-13)12-23(17-9-10-20-22(17)2)18(24)21-15-6-4-14(11-19)5-7-15/h3-10H,12H2,1-2H3,(H,21,24). The minimum Gasteiger partial charge on any atom is -0.464 e. The van der Waals surface area contributed by atoms with Crippen LogP contribution in [-0.4, -0.2) is 15.8 Å². The van der Waals surface area contributed by atoms with Crippen molar-refractivity contribution in [3.63, 3.8) is 0 Å². The summed E-state index contributed by atoms with van der Waals surface area (Å²) in [6, 6.07) is 13.9. The van der Waals surface area contributed by atoms with Gasteiger partial charge in [0.25, 0.3) is 0 Å². The van der Waals surface area contributed by atoms with Gasteiger partial charge in [-0.2, -0.15) is 10.4 Å². The van der Waals surface area contributed by atoms with Crippen LogP contribution in [0.2, 0.25) is 0 Å². The zero-order valence-corrected chi connectivity index (χ0v) is 13.9. The van der Waals surface area contributed by atoms with Crippen molar-refractivity contribution in [2.45, 2.75) is 13.5 Å². The molecule has 2 aromatic heterocycles. The summed E-state index contributed by atoms with van der Waals surface area (Å²) in [5.41, 5.74) is 1.14. The Bertz CT molecular complexity index is 918. The molecule has 126 valence electrons. The van der Waals surface area contributed by atoms with Crippen LogP contribution < -0.4 is 10.2 Å². The average Bonchev–Trinajstić information content (AvgIpc) is 3.21. The summed E-state index contributed by atoms with van der Waals surface area (Å²) in [4.78, 5) is 14.3. The minimum absolute atomic E-state index is 0.273. The highest BCUT2D eigenvalue weighted by atomic mass is 16.3. The number of hydrogen-bond donors (Lipinski definition) is 1. The third kappa shape index (κ3) is 3.70. The van der Waals surface area contributed by atoms with Crippen molar-refractivity contribution >= 4 is 17.5 Å². The molecule has 0 aliphatic carbocycles. The van der Waals surface area contributed by atoms with E-state index in [2.05, 4.69) is 10.4 Å². The second kappa shape index (κ2) is 6.93. The van der Waals surface area contributed by atoms with Crippen LogP contribution in [0.25, 0.3) is 0 Å². The number of aromatic nitrogens is 2. The van der Waals surface area contributed by atoms with E-state index in [0.29, 0.717) is 22.8 Å². The molecule has 2 heterocycles. The van der Waals surface area contributed by atoms with Crippen molar-refractivity contribution in [2.75, 3.05) is 10.2 Å². The van der Waals surface area contributed by atoms with E-state index in [9.17, 15) is 4.79 Å². The summed E-state index contributed by atoms with van der Waals surface area (Å²) >= 11 is 0. The van der Waals surface area contributed by atoms with Gasteiger partial charge in [-0.25, -0.2) is 4.79 Å². The molecule has 0 unspecified atom stereocenters. The lowest BCUT2D eigenvalue weighted by Gasteiger charge is -2.22. The first-order chi connectivity index (χ1) is 12.1. The Morgan fingerprint density at radius 2 is 2.04 bits per heavy atom. The lowest BCUT2D eigenvalue weighted by Crippen LogP contribution is -2.35. The smallest absolute Gasteiger partial charge is 0.327 e. The molecular formula is C18H17N5O2. The number of amides is 2. The molecule has 1 aromatic carbocycles. The number of hydrogen-bond acceptors (Lipinski definition) is 4. The lowest BCUT2D eigenvalue weighted by atomic mass is 10.2. The van der Waals surface area contributed by atoms with Gasteiger partial charge in [0.2, 0.25) is 0 Å². The van der Waals surface area contributed by atoms with Crippen molar-refractivity contribution in [1.29, 1.82) is 5.26 Å². The number of nitrogens with zero attached hydrogens (tertiary/aromatic N) is 4. The maximum absolute atomic E-state index is 12.8. The second-order valence-electron chi connectivity index (χ2n) is 5.53. The number of carbonyl (C=O) groups excluding carboxylic acids is 1. The highest BCUT2D eigenvalue weighted by Crippen LogP contribution is 2.19. The Morgan fingerprint density at radius 3 is 2.60 bits per heavy atom. The van der Waals surface area contributed by atoms with Crippen molar-refractivity contribution in [3.05, 3.63) is 65.7 Å². The van der Waals surface area contributed by atoms with Crippen molar-refractivity contribution < 1.29 is 9.21 Å². The molecule has 0 aliphatic heterocycles. The molecule has 0 aliphatic rings. The fourth-order valence-corrected chi connectivity index (χ4v) is 2.43. The van der Waals surface area contributed by atoms with Crippen LogP contribution >= 0.6 is 0 Å². The molecule has 0 atom stereocenters. The quantitative estimate of drug-likeness (QED) is 0.791. The van der Waals surface area contributed by atoms with Gasteiger partial charge in [-0.15, -0.1) is 0 Å². The van der Waals surface area contributed by atoms with E-state index in [1.165, 1.54) is 0 Å². The summed E-state index contributed by atoms with van der Waals surface area (Å²) < 4.78 is 7.21. The van der Waals surface area contributed by atoms with Crippen LogP contribution in [0.5, 0.6) is 0 Å². The monoisotopic (exact) mass is 335 g/mol. The first-order valence-electron chi connectivity index (χ1n) is 7.69. The minimum atomic E-state index is -0.317. The zero-order chi connectivity index (χ0) is 17.8. The number of carbonyl (C=O) groups is 1. The summed E-state index contributed by atoms with van der Waals surface area (Å²) in [5, 5.41) is 15.8. The molecule has 0 fully saturated rings. The molecular weight excluding hydrogens is 318 g/mol. The van der Waals surface area contributed by atoms with Gasteiger partial charge in [0.15, 0.2) is 0 Å². The maximum atomic E-state index is 12.8. The Balaban J connectivity index is 1.83. The van der Waals surface area contributed by atoms with Gasteiger partial charge in [0, 0.05) is 18.8 Å². The van der Waals surface area contributed by atoms with Gasteiger partial charge in [-0.05, 0) is 43.3 Å². The molecule has 0 spiro atoms. The Morgan fingerprint density at radius 1 is 1.28 bits per heavy atom. The third-order valence-corrected chi connectivity index (χ3v) is 3.69. The molecule has 0 bridgehead atoms. The second-order valence-corrected chi connectivity index (χ2v) is 5.53. The molecule has 25 heavy (non-hydrogen) atoms. The van der Waals surface area contributed by atoms with Crippen LogP contribution in [0.4, 0.5) is 16.3 Å². The maximum Gasteiger partial charge on any atom is 0.327 e. The van der Waals surface area contributed by atoms with E-state index in [-0.39, 0.29) is 12.6 Å². The van der Waals surface area contributed by atoms with E-state index in [1.54, 1.807) is 53.2 Å². The molecule has 7 heteroatoms. The van der Waals surface area contributed by atoms with Gasteiger partial charge >= 0.3 is 6.03 Å². The number of aryl methyl sites for hydroxylation is 2. The Hall–Kier alpha value is -3.53. The SMILES string of the molecule is Cc1ccc(CN(C(=O)Nc2ccc(C#N)cc2)c2ccnn2C)o1. The fraction of sp³-hybridized carbons (Fsp3) is 0.167. The van der Waals surface area contributed by atoms with E-state index >= 15 is 0 Å². The normalized spacial score (nSPS) is 10.3. The Labute approximate surface area is 145 Å². The topological polar surface area (TPSA) is 87.1 Å². The van der Waals surface area contributed by atoms with Crippen molar-refractivity contribution in [2.24, 2.45) is 7.05 Å². The summed E-state index contributed by atoms with van der Waals surface area (Å²) in [6.45, 7) is 2.13. The lowest BCUT2D eigenvalue weighted by molar-refractivity contribution is 0.255. The largest absolute Gasteiger partial charge is 0.464 e. The molecule has 2 amide bonds. The molecule has 0 saturated carbocycles. The van der Waals surface area contributed by atoms with E-state index < -0.39 is 0 Å². The van der Waals surface area contributed by atoms with Gasteiger partial charge in [0.05, 0.1) is 24.4 Å². The van der Waals surface area contributed by atoms with Gasteiger partial charge in [0.1, 0.15) is 17.3 Å². The highest BCUT2D eigenvalue weighted by molar-refractivity contribution is 6.01. The number of anilines is 2. The van der Waals surface area contributed by atoms with E-state index in [1.807, 2.05) is 25.1 Å². The van der Waals surface area contributed by atoms with Crippen molar-refractivity contribution in [3.8, 4) is 6.07 Å². The third-order valence-electron chi connectivity index (χ3n) is 3.69. The molecule has 0 radical (unpaired) electrons. The number of furan rings is 1. The van der Waals surface area contributed by atoms with Crippen LogP contribution in [-0.2, 0) is 13.6 Å². The van der Waals surface area contributed by atoms with Gasteiger partial charge < -0.3 is 9.73 Å². The molecule has 3 rings (SSSR count).